The Morgan fingerprint density at radius 3 is 2.56 bits per heavy atom. The number of fused-ring (bicyclic) bond motifs is 2. The van der Waals surface area contributed by atoms with E-state index in [1.165, 1.54) is 11.4 Å². The van der Waals surface area contributed by atoms with Crippen molar-refractivity contribution in [3.63, 3.8) is 0 Å². The van der Waals surface area contributed by atoms with Crippen LogP contribution in [-0.4, -0.2) is 13.2 Å². The van der Waals surface area contributed by atoms with E-state index in [0.29, 0.717) is 6.17 Å². The van der Waals surface area contributed by atoms with Crippen LogP contribution in [0, 0.1) is 0 Å². The van der Waals surface area contributed by atoms with Gasteiger partial charge in [-0.15, -0.1) is 0 Å². The minimum Gasteiger partial charge on any atom is -0.453 e. The van der Waals surface area contributed by atoms with E-state index in [4.69, 9.17) is 4.74 Å². The number of hydrogen-bond acceptors (Lipinski definition) is 3. The molecule has 2 aromatic carbocycles. The van der Waals surface area contributed by atoms with Crippen LogP contribution < -0.4 is 14.5 Å². The van der Waals surface area contributed by atoms with Gasteiger partial charge in [0, 0.05) is 7.05 Å². The van der Waals surface area contributed by atoms with Gasteiger partial charge in [0.15, 0.2) is 11.5 Å². The highest BCUT2D eigenvalue weighted by Gasteiger charge is 2.38. The van der Waals surface area contributed by atoms with Gasteiger partial charge in [0.1, 0.15) is 11.9 Å². The highest BCUT2D eigenvalue weighted by molar-refractivity contribution is 5.91. The van der Waals surface area contributed by atoms with Gasteiger partial charge in [0.05, 0.1) is 11.4 Å². The van der Waals surface area contributed by atoms with E-state index in [9.17, 15) is 0 Å². The Labute approximate surface area is 106 Å². The van der Waals surface area contributed by atoms with Gasteiger partial charge in [-0.25, -0.2) is 0 Å². The van der Waals surface area contributed by atoms with Crippen LogP contribution >= 0.6 is 0 Å². The number of anilines is 3. The average Bonchev–Trinajstić information content (AvgIpc) is 2.66. The average molecular weight is 238 g/mol. The number of para-hydroxylation sites is 3. The topological polar surface area (TPSA) is 15.7 Å². The van der Waals surface area contributed by atoms with Crippen LogP contribution in [0.25, 0.3) is 0 Å². The molecule has 18 heavy (non-hydrogen) atoms. The molecule has 0 bridgehead atoms. The summed E-state index contributed by atoms with van der Waals surface area (Å²) in [6.07, 6.45) is 0.311. The predicted molar refractivity (Wildman–Crippen MR) is 73.0 cm³/mol. The third-order valence-corrected chi connectivity index (χ3v) is 3.88. The van der Waals surface area contributed by atoms with E-state index < -0.39 is 0 Å². The summed E-state index contributed by atoms with van der Waals surface area (Å²) in [5, 5.41) is 0. The Morgan fingerprint density at radius 1 is 0.944 bits per heavy atom. The Kier molecular flexibility index (Phi) is 1.74. The van der Waals surface area contributed by atoms with Crippen molar-refractivity contribution >= 4 is 17.1 Å². The van der Waals surface area contributed by atoms with Crippen molar-refractivity contribution in [3.8, 4) is 11.5 Å². The van der Waals surface area contributed by atoms with E-state index >= 15 is 0 Å². The molecule has 0 radical (unpaired) electrons. The van der Waals surface area contributed by atoms with Crippen LogP contribution in [0.2, 0.25) is 0 Å². The molecule has 0 N–H and O–H groups in total. The monoisotopic (exact) mass is 238 g/mol. The van der Waals surface area contributed by atoms with Crippen molar-refractivity contribution in [3.05, 3.63) is 42.5 Å². The minimum atomic E-state index is 0.311. The summed E-state index contributed by atoms with van der Waals surface area (Å²) >= 11 is 0. The second-order valence-electron chi connectivity index (χ2n) is 4.81. The van der Waals surface area contributed by atoms with Gasteiger partial charge < -0.3 is 14.5 Å². The van der Waals surface area contributed by atoms with Crippen LogP contribution in [0.15, 0.2) is 42.5 Å². The molecule has 4 rings (SSSR count). The van der Waals surface area contributed by atoms with E-state index in [-0.39, 0.29) is 0 Å². The van der Waals surface area contributed by atoms with Gasteiger partial charge in [-0.2, -0.15) is 0 Å². The largest absolute Gasteiger partial charge is 0.453 e. The lowest BCUT2D eigenvalue weighted by molar-refractivity contribution is 0.472. The maximum Gasteiger partial charge on any atom is 0.153 e. The lowest BCUT2D eigenvalue weighted by Gasteiger charge is -2.32. The Morgan fingerprint density at radius 2 is 1.67 bits per heavy atom. The molecule has 0 amide bonds. The fourth-order valence-corrected chi connectivity index (χ4v) is 2.86. The third kappa shape index (κ3) is 1.04. The Balaban J connectivity index is 2.03. The van der Waals surface area contributed by atoms with Crippen molar-refractivity contribution in [2.45, 2.75) is 13.1 Å². The summed E-state index contributed by atoms with van der Waals surface area (Å²) in [7, 11) is 2.13. The first-order valence-corrected chi connectivity index (χ1v) is 6.19. The molecule has 0 spiro atoms. The van der Waals surface area contributed by atoms with Gasteiger partial charge in [0.25, 0.3) is 0 Å². The van der Waals surface area contributed by atoms with Gasteiger partial charge >= 0.3 is 0 Å². The van der Waals surface area contributed by atoms with Crippen LogP contribution in [0.1, 0.15) is 6.92 Å². The van der Waals surface area contributed by atoms with Crippen molar-refractivity contribution in [2.75, 3.05) is 16.8 Å². The fourth-order valence-electron chi connectivity index (χ4n) is 2.86. The van der Waals surface area contributed by atoms with Crippen LogP contribution in [-0.2, 0) is 0 Å². The van der Waals surface area contributed by atoms with Gasteiger partial charge in [0.2, 0.25) is 0 Å². The third-order valence-electron chi connectivity index (χ3n) is 3.88. The molecule has 2 aromatic rings. The fraction of sp³-hybridized carbons (Fsp3) is 0.200. The summed E-state index contributed by atoms with van der Waals surface area (Å²) in [6, 6.07) is 14.4. The van der Waals surface area contributed by atoms with Gasteiger partial charge in [-0.1, -0.05) is 18.2 Å². The number of benzene rings is 2. The zero-order valence-corrected chi connectivity index (χ0v) is 10.4. The quantitative estimate of drug-likeness (QED) is 0.695. The zero-order chi connectivity index (χ0) is 12.3. The molecule has 3 heteroatoms. The first-order valence-electron chi connectivity index (χ1n) is 6.19. The lowest BCUT2D eigenvalue weighted by Crippen LogP contribution is -2.36. The standard InChI is InChI=1S/C15H14N2O/c1-10-16(2)12-7-5-9-14-15(12)17(10)11-6-3-4-8-13(11)18-14/h3-10H,1-2H3. The summed E-state index contributed by atoms with van der Waals surface area (Å²) in [4.78, 5) is 4.63. The SMILES string of the molecule is CC1N(C)c2cccc3c2N1c1ccccc1O3. The zero-order valence-electron chi connectivity index (χ0n) is 10.4. The molecule has 1 unspecified atom stereocenters. The predicted octanol–water partition coefficient (Wildman–Crippen LogP) is 3.73. The molecular formula is C15H14N2O. The molecule has 0 saturated carbocycles. The summed E-state index contributed by atoms with van der Waals surface area (Å²) in [5.41, 5.74) is 3.56. The smallest absolute Gasteiger partial charge is 0.153 e. The first kappa shape index (κ1) is 9.83. The van der Waals surface area contributed by atoms with E-state index in [1.807, 2.05) is 18.2 Å². The van der Waals surface area contributed by atoms with E-state index in [1.54, 1.807) is 0 Å². The normalized spacial score (nSPS) is 19.3. The van der Waals surface area contributed by atoms with E-state index in [2.05, 4.69) is 48.0 Å². The molecule has 0 fully saturated rings. The highest BCUT2D eigenvalue weighted by atomic mass is 16.5. The molecule has 2 heterocycles. The first-order chi connectivity index (χ1) is 8.77. The number of ether oxygens (including phenoxy) is 1. The van der Waals surface area contributed by atoms with Crippen molar-refractivity contribution < 1.29 is 4.74 Å². The number of rotatable bonds is 0. The maximum atomic E-state index is 6.00. The molecule has 90 valence electrons. The van der Waals surface area contributed by atoms with Crippen LogP contribution in [0.5, 0.6) is 11.5 Å². The van der Waals surface area contributed by atoms with Crippen molar-refractivity contribution in [2.24, 2.45) is 0 Å². The molecule has 2 aliphatic rings. The second-order valence-corrected chi connectivity index (χ2v) is 4.81. The minimum absolute atomic E-state index is 0.311. The summed E-state index contributed by atoms with van der Waals surface area (Å²) < 4.78 is 6.00. The van der Waals surface area contributed by atoms with Crippen molar-refractivity contribution in [1.82, 2.24) is 0 Å². The molecule has 0 saturated heterocycles. The van der Waals surface area contributed by atoms with Gasteiger partial charge in [-0.05, 0) is 31.2 Å². The Hall–Kier alpha value is -2.16. The summed E-state index contributed by atoms with van der Waals surface area (Å²) in [5.74, 6) is 1.88. The van der Waals surface area contributed by atoms with Crippen molar-refractivity contribution in [1.29, 1.82) is 0 Å². The highest BCUT2D eigenvalue weighted by Crippen LogP contribution is 2.55. The van der Waals surface area contributed by atoms with E-state index in [0.717, 1.165) is 17.2 Å². The van der Waals surface area contributed by atoms with Gasteiger partial charge in [-0.3, -0.25) is 0 Å². The Bertz CT molecular complexity index is 638. The summed E-state index contributed by atoms with van der Waals surface area (Å²) in [6.45, 7) is 2.21. The number of hydrogen-bond donors (Lipinski definition) is 0. The second kappa shape index (κ2) is 3.19. The molecule has 0 aromatic heterocycles. The lowest BCUT2D eigenvalue weighted by atomic mass is 10.1. The van der Waals surface area contributed by atoms with Crippen LogP contribution in [0.3, 0.4) is 0 Å². The molecule has 3 nitrogen and oxygen atoms in total. The number of nitrogens with zero attached hydrogens (tertiary/aromatic N) is 2. The molecular weight excluding hydrogens is 224 g/mol. The molecule has 0 aliphatic carbocycles. The molecule has 1 atom stereocenters. The maximum absolute atomic E-state index is 6.00. The van der Waals surface area contributed by atoms with Crippen LogP contribution in [0.4, 0.5) is 17.1 Å². The molecule has 2 aliphatic heterocycles.